The molecule has 2 rings (SSSR count). The Kier molecular flexibility index (Phi) is 4.69. The third kappa shape index (κ3) is 3.30. The minimum atomic E-state index is -4.04. The molecule has 118 valence electrons. The van der Waals surface area contributed by atoms with Crippen LogP contribution in [0.25, 0.3) is 0 Å². The van der Waals surface area contributed by atoms with Crippen molar-refractivity contribution in [1.29, 1.82) is 0 Å². The summed E-state index contributed by atoms with van der Waals surface area (Å²) in [5.41, 5.74) is 0.156. The summed E-state index contributed by atoms with van der Waals surface area (Å²) in [6.45, 7) is 5.45. The largest absolute Gasteiger partial charge is 0.393 e. The van der Waals surface area contributed by atoms with Gasteiger partial charge in [0.15, 0.2) is 0 Å². The highest BCUT2D eigenvalue weighted by Crippen LogP contribution is 2.40. The Balaban J connectivity index is 2.09. The van der Waals surface area contributed by atoms with Crippen molar-refractivity contribution in [2.45, 2.75) is 64.2 Å². The minimum absolute atomic E-state index is 0.156. The first-order chi connectivity index (χ1) is 9.25. The first-order valence-electron chi connectivity index (χ1n) is 7.74. The number of nitrogens with one attached hydrogen (secondary N) is 1. The SMILES string of the molecule is CNC1C(N2CCCC(C(F)(F)F)C2)CCCC1(C)C. The first kappa shape index (κ1) is 16.1. The number of hydrogen-bond acceptors (Lipinski definition) is 2. The number of rotatable bonds is 2. The van der Waals surface area contributed by atoms with Crippen molar-refractivity contribution >= 4 is 0 Å². The number of hydrogen-bond donors (Lipinski definition) is 1. The lowest BCUT2D eigenvalue weighted by molar-refractivity contribution is -0.190. The highest BCUT2D eigenvalue weighted by atomic mass is 19.4. The summed E-state index contributed by atoms with van der Waals surface area (Å²) in [7, 11) is 1.94. The predicted octanol–water partition coefficient (Wildman–Crippen LogP) is 3.43. The molecule has 1 aliphatic heterocycles. The van der Waals surface area contributed by atoms with Crippen molar-refractivity contribution in [1.82, 2.24) is 10.2 Å². The topological polar surface area (TPSA) is 15.3 Å². The van der Waals surface area contributed by atoms with Gasteiger partial charge in [-0.25, -0.2) is 0 Å². The fraction of sp³-hybridized carbons (Fsp3) is 1.00. The van der Waals surface area contributed by atoms with E-state index in [1.807, 2.05) is 7.05 Å². The van der Waals surface area contributed by atoms with Crippen LogP contribution in [-0.2, 0) is 0 Å². The van der Waals surface area contributed by atoms with E-state index < -0.39 is 12.1 Å². The van der Waals surface area contributed by atoms with Gasteiger partial charge >= 0.3 is 6.18 Å². The maximum atomic E-state index is 13.0. The molecule has 1 saturated carbocycles. The Bertz CT molecular complexity index is 328. The van der Waals surface area contributed by atoms with Gasteiger partial charge in [0, 0.05) is 18.6 Å². The van der Waals surface area contributed by atoms with Crippen molar-refractivity contribution in [3.63, 3.8) is 0 Å². The van der Waals surface area contributed by atoms with Gasteiger partial charge in [0.1, 0.15) is 0 Å². The molecule has 1 saturated heterocycles. The third-order valence-electron chi connectivity index (χ3n) is 5.24. The molecule has 20 heavy (non-hydrogen) atoms. The van der Waals surface area contributed by atoms with Gasteiger partial charge in [-0.15, -0.1) is 0 Å². The second-order valence-electron chi connectivity index (χ2n) is 7.09. The fourth-order valence-electron chi connectivity index (χ4n) is 4.16. The number of likely N-dealkylation sites (tertiary alicyclic amines) is 1. The van der Waals surface area contributed by atoms with Gasteiger partial charge in [0.2, 0.25) is 0 Å². The van der Waals surface area contributed by atoms with E-state index in [2.05, 4.69) is 24.1 Å². The lowest BCUT2D eigenvalue weighted by Crippen LogP contribution is -2.60. The molecule has 0 radical (unpaired) electrons. The maximum absolute atomic E-state index is 13.0. The van der Waals surface area contributed by atoms with Crippen LogP contribution in [0.1, 0.15) is 46.0 Å². The molecule has 0 amide bonds. The molecular weight excluding hydrogens is 265 g/mol. The van der Waals surface area contributed by atoms with Crippen LogP contribution in [0, 0.1) is 11.3 Å². The number of alkyl halides is 3. The zero-order chi connectivity index (χ0) is 15.0. The minimum Gasteiger partial charge on any atom is -0.315 e. The van der Waals surface area contributed by atoms with Crippen LogP contribution in [0.15, 0.2) is 0 Å². The Morgan fingerprint density at radius 2 is 1.85 bits per heavy atom. The zero-order valence-electron chi connectivity index (χ0n) is 12.8. The van der Waals surface area contributed by atoms with Gasteiger partial charge in [-0.05, 0) is 44.7 Å². The molecular formula is C15H27F3N2. The molecule has 3 atom stereocenters. The number of piperidine rings is 1. The van der Waals surface area contributed by atoms with E-state index in [1.54, 1.807) is 0 Å². The van der Waals surface area contributed by atoms with Gasteiger partial charge < -0.3 is 5.32 Å². The van der Waals surface area contributed by atoms with Crippen molar-refractivity contribution in [3.8, 4) is 0 Å². The van der Waals surface area contributed by atoms with Crippen LogP contribution in [0.3, 0.4) is 0 Å². The Labute approximate surface area is 120 Å². The van der Waals surface area contributed by atoms with Crippen LogP contribution in [0.2, 0.25) is 0 Å². The van der Waals surface area contributed by atoms with Gasteiger partial charge in [0.05, 0.1) is 5.92 Å². The molecule has 1 aliphatic carbocycles. The summed E-state index contributed by atoms with van der Waals surface area (Å²) in [4.78, 5) is 2.10. The van der Waals surface area contributed by atoms with E-state index in [4.69, 9.17) is 0 Å². The molecule has 3 unspecified atom stereocenters. The molecule has 1 N–H and O–H groups in total. The second-order valence-corrected chi connectivity index (χ2v) is 7.09. The van der Waals surface area contributed by atoms with Gasteiger partial charge in [-0.2, -0.15) is 13.2 Å². The van der Waals surface area contributed by atoms with Crippen LogP contribution in [0.4, 0.5) is 13.2 Å². The molecule has 0 aromatic heterocycles. The molecule has 0 aromatic carbocycles. The summed E-state index contributed by atoms with van der Waals surface area (Å²) < 4.78 is 38.9. The molecule has 1 heterocycles. The smallest absolute Gasteiger partial charge is 0.315 e. The molecule has 0 spiro atoms. The molecule has 0 bridgehead atoms. The fourth-order valence-corrected chi connectivity index (χ4v) is 4.16. The molecule has 5 heteroatoms. The standard InChI is InChI=1S/C15H27F3N2/c1-14(2)8-4-7-12(13(14)19-3)20-9-5-6-11(10-20)15(16,17)18/h11-13,19H,4-10H2,1-3H3. The molecule has 2 nitrogen and oxygen atoms in total. The highest BCUT2D eigenvalue weighted by Gasteiger charge is 2.46. The average Bonchev–Trinajstić information content (AvgIpc) is 2.36. The summed E-state index contributed by atoms with van der Waals surface area (Å²) >= 11 is 0. The lowest BCUT2D eigenvalue weighted by atomic mass is 9.70. The van der Waals surface area contributed by atoms with Crippen molar-refractivity contribution in [3.05, 3.63) is 0 Å². The van der Waals surface area contributed by atoms with Crippen LogP contribution >= 0.6 is 0 Å². The van der Waals surface area contributed by atoms with E-state index in [0.717, 1.165) is 25.8 Å². The number of nitrogens with zero attached hydrogens (tertiary/aromatic N) is 1. The summed E-state index contributed by atoms with van der Waals surface area (Å²) in [5.74, 6) is -1.14. The average molecular weight is 292 g/mol. The summed E-state index contributed by atoms with van der Waals surface area (Å²) in [6.07, 6.45) is 0.184. The van der Waals surface area contributed by atoms with Crippen molar-refractivity contribution in [2.24, 2.45) is 11.3 Å². The maximum Gasteiger partial charge on any atom is 0.393 e. The van der Waals surface area contributed by atoms with E-state index in [1.165, 1.54) is 0 Å². The van der Waals surface area contributed by atoms with E-state index in [-0.39, 0.29) is 24.0 Å². The molecule has 2 fully saturated rings. The highest BCUT2D eigenvalue weighted by molar-refractivity contribution is 4.98. The molecule has 0 aromatic rings. The summed E-state index contributed by atoms with van der Waals surface area (Å²) in [5, 5.41) is 3.37. The second kappa shape index (κ2) is 5.84. The quantitative estimate of drug-likeness (QED) is 0.839. The van der Waals surface area contributed by atoms with Crippen LogP contribution in [0.5, 0.6) is 0 Å². The van der Waals surface area contributed by atoms with E-state index in [0.29, 0.717) is 12.8 Å². The normalized spacial score (nSPS) is 36.0. The van der Waals surface area contributed by atoms with E-state index >= 15 is 0 Å². The summed E-state index contributed by atoms with van der Waals surface area (Å²) in [6, 6.07) is 0.525. The van der Waals surface area contributed by atoms with E-state index in [9.17, 15) is 13.2 Å². The van der Waals surface area contributed by atoms with Crippen molar-refractivity contribution < 1.29 is 13.2 Å². The zero-order valence-corrected chi connectivity index (χ0v) is 12.8. The van der Waals surface area contributed by atoms with Crippen LogP contribution < -0.4 is 5.32 Å². The Morgan fingerprint density at radius 1 is 1.15 bits per heavy atom. The number of likely N-dealkylation sites (N-methyl/N-ethyl adjacent to an activating group) is 1. The van der Waals surface area contributed by atoms with Crippen LogP contribution in [-0.4, -0.2) is 43.3 Å². The third-order valence-corrected chi connectivity index (χ3v) is 5.24. The predicted molar refractivity (Wildman–Crippen MR) is 74.6 cm³/mol. The van der Waals surface area contributed by atoms with Gasteiger partial charge in [-0.3, -0.25) is 4.90 Å². The van der Waals surface area contributed by atoms with Gasteiger partial charge in [0.25, 0.3) is 0 Å². The molecule has 2 aliphatic rings. The van der Waals surface area contributed by atoms with Gasteiger partial charge in [-0.1, -0.05) is 20.3 Å². The number of halogens is 3. The Morgan fingerprint density at radius 3 is 2.45 bits per heavy atom. The lowest BCUT2D eigenvalue weighted by Gasteiger charge is -2.50. The monoisotopic (exact) mass is 292 g/mol. The first-order valence-corrected chi connectivity index (χ1v) is 7.74. The van der Waals surface area contributed by atoms with Crippen molar-refractivity contribution in [2.75, 3.05) is 20.1 Å². The Hall–Kier alpha value is -0.290.